The zero-order valence-corrected chi connectivity index (χ0v) is 15.2. The predicted octanol–water partition coefficient (Wildman–Crippen LogP) is 3.92. The number of carbonyl (C=O) groups is 2. The molecular weight excluding hydrogens is 385 g/mol. The number of halogens is 3. The minimum atomic E-state index is -0.337. The Labute approximate surface area is 160 Å². The Bertz CT molecular complexity index is 792. The minimum Gasteiger partial charge on any atom is -0.352 e. The molecule has 0 radical (unpaired) electrons. The summed E-state index contributed by atoms with van der Waals surface area (Å²) in [7, 11) is 0. The van der Waals surface area contributed by atoms with Gasteiger partial charge in [0.15, 0.2) is 0 Å². The smallest absolute Gasteiger partial charge is 0.251 e. The number of hydrogen-bond acceptors (Lipinski definition) is 3. The first kappa shape index (κ1) is 19.2. The highest BCUT2D eigenvalue weighted by atomic mass is 35.5. The van der Waals surface area contributed by atoms with Crippen molar-refractivity contribution in [3.8, 4) is 0 Å². The van der Waals surface area contributed by atoms with Gasteiger partial charge in [-0.2, -0.15) is 5.10 Å². The monoisotopic (exact) mass is 397 g/mol. The van der Waals surface area contributed by atoms with Gasteiger partial charge in [0.1, 0.15) is 0 Å². The normalized spacial score (nSPS) is 10.7. The average Bonchev–Trinajstić information content (AvgIpc) is 2.59. The highest BCUT2D eigenvalue weighted by Gasteiger charge is 2.08. The summed E-state index contributed by atoms with van der Waals surface area (Å²) in [4.78, 5) is 23.6. The number of benzene rings is 2. The third-order valence-corrected chi connectivity index (χ3v) is 4.08. The standard InChI is InChI=1S/C17H14Cl3N3O2/c18-13-4-1-11(2-5-13)10-22-23-16(24)7-8-21-17(25)12-3-6-14(19)15(20)9-12/h1-6,9-10H,7-8H2,(H,21,25)(H,23,24). The van der Waals surface area contributed by atoms with Crippen molar-refractivity contribution in [1.29, 1.82) is 0 Å². The van der Waals surface area contributed by atoms with E-state index in [1.54, 1.807) is 30.3 Å². The third kappa shape index (κ3) is 6.38. The molecule has 5 nitrogen and oxygen atoms in total. The summed E-state index contributed by atoms with van der Waals surface area (Å²) >= 11 is 17.4. The van der Waals surface area contributed by atoms with E-state index < -0.39 is 0 Å². The molecule has 0 aliphatic rings. The molecule has 0 heterocycles. The molecule has 0 aliphatic carbocycles. The highest BCUT2D eigenvalue weighted by molar-refractivity contribution is 6.42. The minimum absolute atomic E-state index is 0.0883. The molecule has 0 saturated carbocycles. The van der Waals surface area contributed by atoms with Crippen LogP contribution in [0.3, 0.4) is 0 Å². The fraction of sp³-hybridized carbons (Fsp3) is 0.118. The number of nitrogens with zero attached hydrogens (tertiary/aromatic N) is 1. The largest absolute Gasteiger partial charge is 0.352 e. The van der Waals surface area contributed by atoms with Gasteiger partial charge in [-0.05, 0) is 35.9 Å². The second-order valence-corrected chi connectivity index (χ2v) is 6.23. The molecule has 2 N–H and O–H groups in total. The van der Waals surface area contributed by atoms with Crippen LogP contribution < -0.4 is 10.7 Å². The molecule has 0 spiro atoms. The summed E-state index contributed by atoms with van der Waals surface area (Å²) in [5.74, 6) is -0.657. The van der Waals surface area contributed by atoms with Gasteiger partial charge in [-0.25, -0.2) is 5.43 Å². The van der Waals surface area contributed by atoms with Crippen LogP contribution in [-0.4, -0.2) is 24.6 Å². The van der Waals surface area contributed by atoms with E-state index in [4.69, 9.17) is 34.8 Å². The summed E-state index contributed by atoms with van der Waals surface area (Å²) in [6.45, 7) is 0.168. The Balaban J connectivity index is 1.73. The van der Waals surface area contributed by atoms with Gasteiger partial charge >= 0.3 is 0 Å². The van der Waals surface area contributed by atoms with Crippen molar-refractivity contribution in [1.82, 2.24) is 10.7 Å². The van der Waals surface area contributed by atoms with Crippen LogP contribution in [0, 0.1) is 0 Å². The molecular formula is C17H14Cl3N3O2. The number of carbonyl (C=O) groups excluding carboxylic acids is 2. The summed E-state index contributed by atoms with van der Waals surface area (Å²) in [6.07, 6.45) is 1.59. The Morgan fingerprint density at radius 2 is 1.72 bits per heavy atom. The summed E-state index contributed by atoms with van der Waals surface area (Å²) in [5, 5.41) is 7.75. The SMILES string of the molecule is O=C(CCNC(=O)c1ccc(Cl)c(Cl)c1)NN=Cc1ccc(Cl)cc1. The lowest BCUT2D eigenvalue weighted by atomic mass is 10.2. The van der Waals surface area contributed by atoms with Gasteiger partial charge in [-0.3, -0.25) is 9.59 Å². The van der Waals surface area contributed by atoms with Crippen molar-refractivity contribution in [2.75, 3.05) is 6.54 Å². The molecule has 2 aromatic rings. The molecule has 0 aliphatic heterocycles. The molecule has 0 aromatic heterocycles. The average molecular weight is 399 g/mol. The van der Waals surface area contributed by atoms with E-state index in [9.17, 15) is 9.59 Å². The van der Waals surface area contributed by atoms with Gasteiger partial charge in [-0.1, -0.05) is 46.9 Å². The zero-order chi connectivity index (χ0) is 18.2. The molecule has 0 unspecified atom stereocenters. The molecule has 2 amide bonds. The van der Waals surface area contributed by atoms with Gasteiger partial charge < -0.3 is 5.32 Å². The van der Waals surface area contributed by atoms with Crippen molar-refractivity contribution >= 4 is 52.8 Å². The van der Waals surface area contributed by atoms with Crippen LogP contribution in [-0.2, 0) is 4.79 Å². The Morgan fingerprint density at radius 3 is 2.40 bits per heavy atom. The van der Waals surface area contributed by atoms with E-state index in [-0.39, 0.29) is 24.8 Å². The van der Waals surface area contributed by atoms with Crippen molar-refractivity contribution in [3.05, 3.63) is 68.7 Å². The lowest BCUT2D eigenvalue weighted by Crippen LogP contribution is -2.29. The number of hydrazone groups is 1. The van der Waals surface area contributed by atoms with Gasteiger partial charge in [0, 0.05) is 23.6 Å². The van der Waals surface area contributed by atoms with Crippen LogP contribution in [0.15, 0.2) is 47.6 Å². The van der Waals surface area contributed by atoms with Crippen molar-refractivity contribution in [2.45, 2.75) is 6.42 Å². The lowest BCUT2D eigenvalue weighted by molar-refractivity contribution is -0.120. The predicted molar refractivity (Wildman–Crippen MR) is 101 cm³/mol. The van der Waals surface area contributed by atoms with Crippen molar-refractivity contribution < 1.29 is 9.59 Å². The van der Waals surface area contributed by atoms with E-state index in [2.05, 4.69) is 15.8 Å². The Kier molecular flexibility index (Phi) is 7.25. The molecule has 0 saturated heterocycles. The molecule has 2 aromatic carbocycles. The maximum absolute atomic E-state index is 11.9. The summed E-state index contributed by atoms with van der Waals surface area (Å²) in [5.41, 5.74) is 3.56. The molecule has 0 fully saturated rings. The first-order valence-electron chi connectivity index (χ1n) is 7.26. The highest BCUT2D eigenvalue weighted by Crippen LogP contribution is 2.22. The van der Waals surface area contributed by atoms with Crippen LogP contribution >= 0.6 is 34.8 Å². The Hall–Kier alpha value is -2.08. The fourth-order valence-corrected chi connectivity index (χ4v) is 2.24. The van der Waals surface area contributed by atoms with Crippen molar-refractivity contribution in [3.63, 3.8) is 0 Å². The molecule has 0 bridgehead atoms. The summed E-state index contributed by atoms with van der Waals surface area (Å²) in [6, 6.07) is 11.6. The van der Waals surface area contributed by atoms with Crippen LogP contribution in [0.5, 0.6) is 0 Å². The van der Waals surface area contributed by atoms with Crippen LogP contribution in [0.25, 0.3) is 0 Å². The van der Waals surface area contributed by atoms with Crippen LogP contribution in [0.4, 0.5) is 0 Å². The number of amides is 2. The van der Waals surface area contributed by atoms with Crippen LogP contribution in [0.1, 0.15) is 22.3 Å². The molecule has 25 heavy (non-hydrogen) atoms. The van der Waals surface area contributed by atoms with Gasteiger partial charge in [0.2, 0.25) is 5.91 Å². The molecule has 2 rings (SSSR count). The maximum atomic E-state index is 11.9. The zero-order valence-electron chi connectivity index (χ0n) is 12.9. The quantitative estimate of drug-likeness (QED) is 0.572. The third-order valence-electron chi connectivity index (χ3n) is 3.09. The molecule has 0 atom stereocenters. The van der Waals surface area contributed by atoms with Crippen LogP contribution in [0.2, 0.25) is 15.1 Å². The van der Waals surface area contributed by atoms with E-state index in [0.717, 1.165) is 5.56 Å². The number of rotatable bonds is 6. The second-order valence-electron chi connectivity index (χ2n) is 4.98. The van der Waals surface area contributed by atoms with E-state index in [0.29, 0.717) is 20.6 Å². The van der Waals surface area contributed by atoms with Gasteiger partial charge in [0.05, 0.1) is 16.3 Å². The van der Waals surface area contributed by atoms with E-state index in [1.807, 2.05) is 0 Å². The summed E-state index contributed by atoms with van der Waals surface area (Å²) < 4.78 is 0. The lowest BCUT2D eigenvalue weighted by Gasteiger charge is -2.05. The number of nitrogens with one attached hydrogen (secondary N) is 2. The second kappa shape index (κ2) is 9.42. The van der Waals surface area contributed by atoms with E-state index >= 15 is 0 Å². The molecule has 130 valence electrons. The molecule has 8 heteroatoms. The maximum Gasteiger partial charge on any atom is 0.251 e. The van der Waals surface area contributed by atoms with E-state index in [1.165, 1.54) is 18.3 Å². The van der Waals surface area contributed by atoms with Gasteiger partial charge in [0.25, 0.3) is 5.91 Å². The van der Waals surface area contributed by atoms with Crippen molar-refractivity contribution in [2.24, 2.45) is 5.10 Å². The number of hydrogen-bond donors (Lipinski definition) is 2. The first-order chi connectivity index (χ1) is 12.0. The Morgan fingerprint density at radius 1 is 1.00 bits per heavy atom. The fourth-order valence-electron chi connectivity index (χ4n) is 1.81. The topological polar surface area (TPSA) is 70.6 Å². The van der Waals surface area contributed by atoms with Gasteiger partial charge in [-0.15, -0.1) is 0 Å². The first-order valence-corrected chi connectivity index (χ1v) is 8.40.